The molecular weight excluding hydrogens is 148 g/mol. The van der Waals surface area contributed by atoms with Crippen molar-refractivity contribution in [2.75, 3.05) is 6.61 Å². The molecule has 0 unspecified atom stereocenters. The molecule has 1 nitrogen and oxygen atoms in total. The number of hydrogen-bond acceptors (Lipinski definition) is 1. The van der Waals surface area contributed by atoms with Gasteiger partial charge in [0.1, 0.15) is 0 Å². The maximum Gasteiger partial charge on any atom is 0.0783 e. The fourth-order valence-corrected chi connectivity index (χ4v) is 6.32. The molecule has 0 aromatic rings. The van der Waals surface area contributed by atoms with Crippen LogP contribution in [-0.2, 0) is 4.74 Å². The summed E-state index contributed by atoms with van der Waals surface area (Å²) in [4.78, 5) is 0. The molecule has 4 atom stereocenters. The van der Waals surface area contributed by atoms with E-state index in [1.807, 2.05) is 0 Å². The van der Waals surface area contributed by atoms with Crippen molar-refractivity contribution in [1.29, 1.82) is 0 Å². The molecule has 6 aliphatic carbocycles. The largest absolute Gasteiger partial charge is 0.374 e. The van der Waals surface area contributed by atoms with Crippen LogP contribution in [0.15, 0.2) is 0 Å². The molecule has 6 rings (SSSR count). The number of hydrogen-bond donors (Lipinski definition) is 0. The summed E-state index contributed by atoms with van der Waals surface area (Å²) in [7, 11) is 0. The first-order chi connectivity index (χ1) is 5.91. The van der Waals surface area contributed by atoms with Gasteiger partial charge < -0.3 is 4.74 Å². The van der Waals surface area contributed by atoms with E-state index in [1.165, 1.54) is 5.92 Å². The van der Waals surface area contributed by atoms with Crippen LogP contribution in [0, 0.1) is 41.4 Å². The molecule has 0 aromatic heterocycles. The monoisotopic (exact) mass is 162 g/mol. The summed E-state index contributed by atoms with van der Waals surface area (Å²) in [5, 5.41) is 0. The van der Waals surface area contributed by atoms with Crippen LogP contribution in [0.1, 0.15) is 13.3 Å². The Morgan fingerprint density at radius 2 is 1.92 bits per heavy atom. The van der Waals surface area contributed by atoms with Gasteiger partial charge in [-0.2, -0.15) is 0 Å². The average molecular weight is 162 g/mol. The van der Waals surface area contributed by atoms with Crippen LogP contribution in [0.4, 0.5) is 0 Å². The third-order valence-corrected chi connectivity index (χ3v) is 6.07. The van der Waals surface area contributed by atoms with Gasteiger partial charge in [-0.25, -0.2) is 0 Å². The topological polar surface area (TPSA) is 9.23 Å². The van der Waals surface area contributed by atoms with Gasteiger partial charge in [-0.1, -0.05) is 0 Å². The zero-order valence-electron chi connectivity index (χ0n) is 7.36. The van der Waals surface area contributed by atoms with Crippen LogP contribution in [0.3, 0.4) is 0 Å². The summed E-state index contributed by atoms with van der Waals surface area (Å²) in [6, 6.07) is 0. The Bertz CT molecular complexity index is 273. The first-order valence-electron chi connectivity index (χ1n) is 5.55. The predicted octanol–water partition coefficient (Wildman–Crippen LogP) is 1.53. The van der Waals surface area contributed by atoms with Gasteiger partial charge in [-0.05, 0) is 54.8 Å². The van der Waals surface area contributed by atoms with Gasteiger partial charge >= 0.3 is 0 Å². The summed E-state index contributed by atoms with van der Waals surface area (Å²) >= 11 is 0. The lowest BCUT2D eigenvalue weighted by atomic mass is 9.17. The van der Waals surface area contributed by atoms with Gasteiger partial charge in [-0.3, -0.25) is 0 Å². The summed E-state index contributed by atoms with van der Waals surface area (Å²) in [6.45, 7) is 3.12. The van der Waals surface area contributed by atoms with Gasteiger partial charge in [-0.15, -0.1) is 0 Å². The summed E-state index contributed by atoms with van der Waals surface area (Å²) in [6.07, 6.45) is 1.59. The molecule has 6 fully saturated rings. The Labute approximate surface area is 72.5 Å². The van der Waals surface area contributed by atoms with Crippen molar-refractivity contribution >= 4 is 0 Å². The molecule has 0 saturated heterocycles. The summed E-state index contributed by atoms with van der Waals surface area (Å²) in [5.41, 5.74) is 0.502. The minimum atomic E-state index is 0.502. The smallest absolute Gasteiger partial charge is 0.0783 e. The van der Waals surface area contributed by atoms with Crippen LogP contribution < -0.4 is 0 Å². The Balaban J connectivity index is 1.65. The van der Waals surface area contributed by atoms with E-state index in [-0.39, 0.29) is 0 Å². The van der Waals surface area contributed by atoms with Crippen molar-refractivity contribution in [2.24, 2.45) is 41.4 Å². The quantitative estimate of drug-likeness (QED) is 0.598. The molecule has 0 amide bonds. The van der Waals surface area contributed by atoms with E-state index in [0.29, 0.717) is 5.60 Å². The SMILES string of the molecule is CCOC12C3[C@@H]4C5CC([C@@H]41)[C@H]2[C@@H]53. The molecule has 12 heavy (non-hydrogen) atoms. The standard InChI is InChI=1S/C11H14O/c1-2-12-11-8-5-3-4-6(8)10(11)7(4)9(5)11/h4-10H,2-3H2,1H3/t4?,5?,6-,7-,8+,9+,10?,11?/m1/s1. The number of rotatable bonds is 2. The van der Waals surface area contributed by atoms with Crippen molar-refractivity contribution < 1.29 is 4.74 Å². The second-order valence-corrected chi connectivity index (χ2v) is 5.58. The fraction of sp³-hybridized carbons (Fsp3) is 1.00. The highest BCUT2D eigenvalue weighted by molar-refractivity contribution is 5.46. The van der Waals surface area contributed by atoms with E-state index >= 15 is 0 Å². The lowest BCUT2D eigenvalue weighted by Gasteiger charge is -2.90. The number of ether oxygens (including phenoxy) is 1. The van der Waals surface area contributed by atoms with Crippen LogP contribution >= 0.6 is 0 Å². The molecular formula is C11H14O. The van der Waals surface area contributed by atoms with Gasteiger partial charge in [0.2, 0.25) is 0 Å². The van der Waals surface area contributed by atoms with E-state index in [2.05, 4.69) is 6.92 Å². The third-order valence-electron chi connectivity index (χ3n) is 6.07. The maximum absolute atomic E-state index is 6.02. The van der Waals surface area contributed by atoms with Gasteiger partial charge in [0.05, 0.1) is 5.60 Å². The highest BCUT2D eigenvalue weighted by Gasteiger charge is 2.98. The molecule has 0 aromatic carbocycles. The van der Waals surface area contributed by atoms with Crippen molar-refractivity contribution in [3.05, 3.63) is 0 Å². The second-order valence-electron chi connectivity index (χ2n) is 5.58. The van der Waals surface area contributed by atoms with Gasteiger partial charge in [0, 0.05) is 6.61 Å². The molecule has 0 radical (unpaired) electrons. The molecule has 0 heterocycles. The van der Waals surface area contributed by atoms with E-state index in [4.69, 9.17) is 4.74 Å². The Hall–Kier alpha value is -0.0400. The zero-order chi connectivity index (χ0) is 7.66. The molecule has 0 aliphatic heterocycles. The van der Waals surface area contributed by atoms with Crippen molar-refractivity contribution in [2.45, 2.75) is 18.9 Å². The minimum Gasteiger partial charge on any atom is -0.374 e. The average Bonchev–Trinajstić information content (AvgIpc) is 2.33. The first kappa shape index (κ1) is 5.64. The van der Waals surface area contributed by atoms with Crippen LogP contribution in [0.5, 0.6) is 0 Å². The lowest BCUT2D eigenvalue weighted by Crippen LogP contribution is -2.93. The van der Waals surface area contributed by atoms with Crippen molar-refractivity contribution in [1.82, 2.24) is 0 Å². The molecule has 64 valence electrons. The molecule has 0 N–H and O–H groups in total. The van der Waals surface area contributed by atoms with Gasteiger partial charge in [0.25, 0.3) is 0 Å². The van der Waals surface area contributed by atoms with Crippen LogP contribution in [0.25, 0.3) is 0 Å². The maximum atomic E-state index is 6.02. The van der Waals surface area contributed by atoms with E-state index < -0.39 is 0 Å². The minimum absolute atomic E-state index is 0.502. The molecule has 6 saturated carbocycles. The summed E-state index contributed by atoms with van der Waals surface area (Å²) < 4.78 is 6.02. The van der Waals surface area contributed by atoms with Crippen molar-refractivity contribution in [3.8, 4) is 0 Å². The Kier molecular flexibility index (Phi) is 0.569. The highest BCUT2D eigenvalue weighted by Crippen LogP contribution is 2.96. The Morgan fingerprint density at radius 3 is 2.50 bits per heavy atom. The van der Waals surface area contributed by atoms with Crippen molar-refractivity contribution in [3.63, 3.8) is 0 Å². The van der Waals surface area contributed by atoms with Gasteiger partial charge in [0.15, 0.2) is 0 Å². The molecule has 1 heteroatoms. The lowest BCUT2D eigenvalue weighted by molar-refractivity contribution is -0.479. The third kappa shape index (κ3) is 0.238. The normalized spacial score (nSPS) is 83.2. The van der Waals surface area contributed by atoms with Crippen LogP contribution in [-0.4, -0.2) is 12.2 Å². The first-order valence-corrected chi connectivity index (χ1v) is 5.55. The van der Waals surface area contributed by atoms with E-state index in [0.717, 1.165) is 42.1 Å². The summed E-state index contributed by atoms with van der Waals surface area (Å²) in [5.74, 6) is 7.84. The molecule has 0 spiro atoms. The van der Waals surface area contributed by atoms with E-state index in [1.54, 1.807) is 6.42 Å². The second kappa shape index (κ2) is 1.21. The highest BCUT2D eigenvalue weighted by atomic mass is 16.5. The Morgan fingerprint density at radius 1 is 1.17 bits per heavy atom. The van der Waals surface area contributed by atoms with Crippen LogP contribution in [0.2, 0.25) is 0 Å². The molecule has 6 aliphatic rings. The predicted molar refractivity (Wildman–Crippen MR) is 43.4 cm³/mol. The molecule has 2 bridgehead atoms. The zero-order valence-corrected chi connectivity index (χ0v) is 7.36. The van der Waals surface area contributed by atoms with E-state index in [9.17, 15) is 0 Å². The fourth-order valence-electron chi connectivity index (χ4n) is 6.32.